The highest BCUT2D eigenvalue weighted by Gasteiger charge is 2.27. The SMILES string of the molecule is O=C1C(=Cc2cccs2)Oc2cc(OCc3ccc(Cl)cc3Cl)ccc21. The molecule has 0 aliphatic carbocycles. The van der Waals surface area contributed by atoms with Crippen molar-refractivity contribution in [1.29, 1.82) is 0 Å². The van der Waals surface area contributed by atoms with Crippen molar-refractivity contribution >= 4 is 46.4 Å². The number of allylic oxidation sites excluding steroid dienone is 1. The van der Waals surface area contributed by atoms with Crippen LogP contribution in [-0.2, 0) is 6.61 Å². The van der Waals surface area contributed by atoms with E-state index in [4.69, 9.17) is 32.7 Å². The average molecular weight is 403 g/mol. The van der Waals surface area contributed by atoms with E-state index in [2.05, 4.69) is 0 Å². The first-order valence-corrected chi connectivity index (χ1v) is 9.42. The van der Waals surface area contributed by atoms with Crippen molar-refractivity contribution in [3.63, 3.8) is 0 Å². The van der Waals surface area contributed by atoms with Gasteiger partial charge in [0.15, 0.2) is 5.76 Å². The maximum Gasteiger partial charge on any atom is 0.232 e. The van der Waals surface area contributed by atoms with Gasteiger partial charge in [0.2, 0.25) is 5.78 Å². The van der Waals surface area contributed by atoms with Gasteiger partial charge in [-0.2, -0.15) is 0 Å². The Morgan fingerprint density at radius 2 is 2.00 bits per heavy atom. The van der Waals surface area contributed by atoms with Crippen LogP contribution in [0, 0.1) is 0 Å². The van der Waals surface area contributed by atoms with Crippen molar-refractivity contribution in [3.8, 4) is 11.5 Å². The number of halogens is 2. The Bertz CT molecular complexity index is 1010. The lowest BCUT2D eigenvalue weighted by molar-refractivity contribution is 0.101. The molecule has 130 valence electrons. The fraction of sp³-hybridized carbons (Fsp3) is 0.0500. The number of fused-ring (bicyclic) bond motifs is 1. The first-order chi connectivity index (χ1) is 12.6. The van der Waals surface area contributed by atoms with Gasteiger partial charge < -0.3 is 9.47 Å². The summed E-state index contributed by atoms with van der Waals surface area (Å²) in [5, 5.41) is 3.08. The van der Waals surface area contributed by atoms with E-state index in [-0.39, 0.29) is 5.78 Å². The molecule has 0 radical (unpaired) electrons. The molecule has 1 aliphatic rings. The molecular formula is C20H12Cl2O3S. The Kier molecular flexibility index (Phi) is 4.72. The molecule has 0 saturated carbocycles. The zero-order valence-corrected chi connectivity index (χ0v) is 15.7. The zero-order chi connectivity index (χ0) is 18.1. The smallest absolute Gasteiger partial charge is 0.232 e. The summed E-state index contributed by atoms with van der Waals surface area (Å²) in [6, 6.07) is 14.3. The van der Waals surface area contributed by atoms with E-state index < -0.39 is 0 Å². The molecular weight excluding hydrogens is 391 g/mol. The third-order valence-corrected chi connectivity index (χ3v) is 5.27. The number of ether oxygens (including phenoxy) is 2. The Morgan fingerprint density at radius 1 is 1.12 bits per heavy atom. The highest BCUT2D eigenvalue weighted by atomic mass is 35.5. The molecule has 3 nitrogen and oxygen atoms in total. The quantitative estimate of drug-likeness (QED) is 0.483. The summed E-state index contributed by atoms with van der Waals surface area (Å²) in [6.07, 6.45) is 1.75. The van der Waals surface area contributed by atoms with Gasteiger partial charge in [-0.3, -0.25) is 4.79 Å². The lowest BCUT2D eigenvalue weighted by Gasteiger charge is -2.09. The zero-order valence-electron chi connectivity index (χ0n) is 13.4. The van der Waals surface area contributed by atoms with E-state index in [1.54, 1.807) is 47.7 Å². The number of rotatable bonds is 4. The van der Waals surface area contributed by atoms with Crippen LogP contribution >= 0.6 is 34.5 Å². The van der Waals surface area contributed by atoms with Crippen molar-refractivity contribution in [3.05, 3.63) is 85.7 Å². The fourth-order valence-electron chi connectivity index (χ4n) is 2.56. The van der Waals surface area contributed by atoms with E-state index in [0.717, 1.165) is 10.4 Å². The first kappa shape index (κ1) is 17.2. The maximum atomic E-state index is 12.4. The largest absolute Gasteiger partial charge is 0.489 e. The molecule has 0 spiro atoms. The second-order valence-corrected chi connectivity index (χ2v) is 7.46. The minimum Gasteiger partial charge on any atom is -0.489 e. The highest BCUT2D eigenvalue weighted by Crippen LogP contribution is 2.35. The lowest BCUT2D eigenvalue weighted by atomic mass is 10.1. The van der Waals surface area contributed by atoms with E-state index in [1.165, 1.54) is 0 Å². The number of benzene rings is 2. The summed E-state index contributed by atoms with van der Waals surface area (Å²) in [7, 11) is 0. The van der Waals surface area contributed by atoms with Gasteiger partial charge in [-0.15, -0.1) is 11.3 Å². The van der Waals surface area contributed by atoms with Gasteiger partial charge in [-0.1, -0.05) is 35.3 Å². The van der Waals surface area contributed by atoms with Gasteiger partial charge in [-0.25, -0.2) is 0 Å². The van der Waals surface area contributed by atoms with Gasteiger partial charge in [0, 0.05) is 32.6 Å². The van der Waals surface area contributed by atoms with Gasteiger partial charge in [0.05, 0.1) is 5.56 Å². The summed E-state index contributed by atoms with van der Waals surface area (Å²) < 4.78 is 11.5. The first-order valence-electron chi connectivity index (χ1n) is 7.79. The highest BCUT2D eigenvalue weighted by molar-refractivity contribution is 7.10. The number of hydrogen-bond donors (Lipinski definition) is 0. The molecule has 0 fully saturated rings. The Balaban J connectivity index is 1.51. The standard InChI is InChI=1S/C20H12Cl2O3S/c21-13-4-3-12(17(22)8-13)11-24-14-5-6-16-18(9-14)25-19(20(16)23)10-15-2-1-7-26-15/h1-10H,11H2. The van der Waals surface area contributed by atoms with E-state index >= 15 is 0 Å². The fourth-order valence-corrected chi connectivity index (χ4v) is 3.67. The predicted octanol–water partition coefficient (Wildman–Crippen LogP) is 6.25. The molecule has 2 aromatic carbocycles. The monoisotopic (exact) mass is 402 g/mol. The molecule has 6 heteroatoms. The number of hydrogen-bond acceptors (Lipinski definition) is 4. The molecule has 0 unspecified atom stereocenters. The molecule has 2 heterocycles. The number of carbonyl (C=O) groups excluding carboxylic acids is 1. The van der Waals surface area contributed by atoms with Crippen LogP contribution in [-0.4, -0.2) is 5.78 Å². The average Bonchev–Trinajstić information content (AvgIpc) is 3.23. The summed E-state index contributed by atoms with van der Waals surface area (Å²) in [4.78, 5) is 13.4. The topological polar surface area (TPSA) is 35.5 Å². The molecule has 0 amide bonds. The van der Waals surface area contributed by atoms with Crippen molar-refractivity contribution in [1.82, 2.24) is 0 Å². The molecule has 0 saturated heterocycles. The van der Waals surface area contributed by atoms with Crippen LogP contribution in [0.3, 0.4) is 0 Å². The van der Waals surface area contributed by atoms with Gasteiger partial charge in [0.25, 0.3) is 0 Å². The molecule has 1 aromatic heterocycles. The lowest BCUT2D eigenvalue weighted by Crippen LogP contribution is -1.97. The predicted molar refractivity (Wildman–Crippen MR) is 104 cm³/mol. The van der Waals surface area contributed by atoms with Crippen molar-refractivity contribution in [2.45, 2.75) is 6.61 Å². The molecule has 26 heavy (non-hydrogen) atoms. The molecule has 0 atom stereocenters. The van der Waals surface area contributed by atoms with E-state index in [1.807, 2.05) is 23.6 Å². The van der Waals surface area contributed by atoms with Crippen molar-refractivity contribution in [2.24, 2.45) is 0 Å². The Hall–Kier alpha value is -2.27. The van der Waals surface area contributed by atoms with Gasteiger partial charge in [0.1, 0.15) is 18.1 Å². The van der Waals surface area contributed by atoms with Crippen LogP contribution in [0.15, 0.2) is 59.7 Å². The van der Waals surface area contributed by atoms with E-state index in [9.17, 15) is 4.79 Å². The molecule has 3 aromatic rings. The number of carbonyl (C=O) groups is 1. The van der Waals surface area contributed by atoms with Crippen LogP contribution < -0.4 is 9.47 Å². The summed E-state index contributed by atoms with van der Waals surface area (Å²) >= 11 is 13.6. The van der Waals surface area contributed by atoms with Gasteiger partial charge >= 0.3 is 0 Å². The van der Waals surface area contributed by atoms with E-state index in [0.29, 0.717) is 39.5 Å². The van der Waals surface area contributed by atoms with Crippen molar-refractivity contribution < 1.29 is 14.3 Å². The van der Waals surface area contributed by atoms with Crippen molar-refractivity contribution in [2.75, 3.05) is 0 Å². The molecule has 1 aliphatic heterocycles. The molecule has 0 bridgehead atoms. The minimum atomic E-state index is -0.124. The summed E-state index contributed by atoms with van der Waals surface area (Å²) in [5.41, 5.74) is 1.36. The second-order valence-electron chi connectivity index (χ2n) is 5.64. The maximum absolute atomic E-state index is 12.4. The third kappa shape index (κ3) is 3.49. The summed E-state index contributed by atoms with van der Waals surface area (Å²) in [5.74, 6) is 1.29. The van der Waals surface area contributed by atoms with Crippen LogP contribution in [0.4, 0.5) is 0 Å². The summed E-state index contributed by atoms with van der Waals surface area (Å²) in [6.45, 7) is 0.292. The Labute approximate surface area is 164 Å². The Morgan fingerprint density at radius 3 is 2.77 bits per heavy atom. The second kappa shape index (κ2) is 7.16. The normalized spacial score (nSPS) is 14.4. The van der Waals surface area contributed by atoms with Crippen LogP contribution in [0.25, 0.3) is 6.08 Å². The molecule has 0 N–H and O–H groups in total. The number of thiophene rings is 1. The van der Waals surface area contributed by atoms with Crippen LogP contribution in [0.1, 0.15) is 20.8 Å². The van der Waals surface area contributed by atoms with Crippen LogP contribution in [0.2, 0.25) is 10.0 Å². The number of ketones is 1. The third-order valence-electron chi connectivity index (χ3n) is 3.87. The minimum absolute atomic E-state index is 0.124. The molecule has 4 rings (SSSR count). The van der Waals surface area contributed by atoms with Crippen LogP contribution in [0.5, 0.6) is 11.5 Å². The number of Topliss-reactive ketones (excluding diaryl/α,β-unsaturated/α-hetero) is 1. The van der Waals surface area contributed by atoms with Gasteiger partial charge in [-0.05, 0) is 35.7 Å².